The summed E-state index contributed by atoms with van der Waals surface area (Å²) < 4.78 is 3.36. The first kappa shape index (κ1) is 13.1. The maximum atomic E-state index is 11.2. The van der Waals surface area contributed by atoms with Crippen LogP contribution in [0.3, 0.4) is 0 Å². The molecule has 19 heavy (non-hydrogen) atoms. The molecule has 0 radical (unpaired) electrons. The van der Waals surface area contributed by atoms with Gasteiger partial charge < -0.3 is 10.6 Å². The Balaban J connectivity index is 1.98. The molecule has 2 N–H and O–H groups in total. The van der Waals surface area contributed by atoms with Gasteiger partial charge in [-0.05, 0) is 6.92 Å². The van der Waals surface area contributed by atoms with Crippen LogP contribution in [0.15, 0.2) is 24.8 Å². The first-order chi connectivity index (χ1) is 9.08. The fourth-order valence-corrected chi connectivity index (χ4v) is 1.75. The van der Waals surface area contributed by atoms with Crippen molar-refractivity contribution in [2.45, 2.75) is 19.5 Å². The van der Waals surface area contributed by atoms with Gasteiger partial charge >= 0.3 is 0 Å². The van der Waals surface area contributed by atoms with Crippen LogP contribution in [0, 0.1) is 0 Å². The Morgan fingerprint density at radius 3 is 2.79 bits per heavy atom. The summed E-state index contributed by atoms with van der Waals surface area (Å²) in [6, 6.07) is 0.131. The molecule has 0 saturated carbocycles. The van der Waals surface area contributed by atoms with Crippen molar-refractivity contribution in [1.29, 1.82) is 0 Å². The van der Waals surface area contributed by atoms with Crippen LogP contribution in [-0.2, 0) is 18.4 Å². The number of likely N-dealkylation sites (N-methyl/N-ethyl adjacent to an activating group) is 1. The van der Waals surface area contributed by atoms with Crippen molar-refractivity contribution < 1.29 is 4.79 Å². The first-order valence-electron chi connectivity index (χ1n) is 6.06. The maximum absolute atomic E-state index is 11.2. The van der Waals surface area contributed by atoms with Crippen LogP contribution in [0.5, 0.6) is 0 Å². The van der Waals surface area contributed by atoms with Crippen LogP contribution < -0.4 is 10.6 Å². The Labute approximate surface area is 111 Å². The number of carbonyl (C=O) groups is 1. The van der Waals surface area contributed by atoms with E-state index in [1.54, 1.807) is 22.6 Å². The summed E-state index contributed by atoms with van der Waals surface area (Å²) in [5.74, 6) is -0.0741. The molecule has 0 aliphatic rings. The Kier molecular flexibility index (Phi) is 3.84. The molecule has 0 aliphatic carbocycles. The van der Waals surface area contributed by atoms with Crippen LogP contribution in [-0.4, -0.2) is 32.5 Å². The van der Waals surface area contributed by atoms with Crippen molar-refractivity contribution >= 4 is 11.6 Å². The van der Waals surface area contributed by atoms with Crippen LogP contribution in [0.25, 0.3) is 0 Å². The number of aryl methyl sites for hydroxylation is 1. The molecule has 0 spiro atoms. The van der Waals surface area contributed by atoms with Crippen molar-refractivity contribution in [2.24, 2.45) is 7.05 Å². The lowest BCUT2D eigenvalue weighted by molar-refractivity contribution is -0.121. The van der Waals surface area contributed by atoms with E-state index in [9.17, 15) is 4.79 Å². The zero-order valence-electron chi connectivity index (χ0n) is 11.3. The molecule has 0 aromatic carbocycles. The summed E-state index contributed by atoms with van der Waals surface area (Å²) in [5.41, 5.74) is 1.97. The summed E-state index contributed by atoms with van der Waals surface area (Å²) in [6.45, 7) is 2.27. The second-order valence-corrected chi connectivity index (χ2v) is 4.41. The number of nitrogens with one attached hydrogen (secondary N) is 2. The van der Waals surface area contributed by atoms with Crippen molar-refractivity contribution in [3.05, 3.63) is 30.4 Å². The Bertz CT molecular complexity index is 558. The van der Waals surface area contributed by atoms with Gasteiger partial charge in [-0.15, -0.1) is 0 Å². The summed E-state index contributed by atoms with van der Waals surface area (Å²) in [7, 11) is 3.49. The quantitative estimate of drug-likeness (QED) is 0.824. The van der Waals surface area contributed by atoms with Gasteiger partial charge in [0.2, 0.25) is 5.91 Å². The average molecular weight is 262 g/mol. The highest BCUT2D eigenvalue weighted by Gasteiger charge is 2.09. The number of nitrogens with zero attached hydrogens (tertiary/aromatic N) is 4. The molecule has 1 amide bonds. The summed E-state index contributed by atoms with van der Waals surface area (Å²) in [4.78, 5) is 11.2. The predicted molar refractivity (Wildman–Crippen MR) is 71.5 cm³/mol. The normalized spacial score (nSPS) is 12.2. The van der Waals surface area contributed by atoms with E-state index in [-0.39, 0.29) is 18.5 Å². The van der Waals surface area contributed by atoms with Gasteiger partial charge in [-0.2, -0.15) is 10.2 Å². The van der Waals surface area contributed by atoms with E-state index < -0.39 is 0 Å². The minimum Gasteiger partial charge on any atom is -0.376 e. The van der Waals surface area contributed by atoms with Gasteiger partial charge in [0.1, 0.15) is 6.54 Å². The molecule has 2 aromatic rings. The molecule has 1 unspecified atom stereocenters. The van der Waals surface area contributed by atoms with Gasteiger partial charge in [0, 0.05) is 32.1 Å². The molecule has 1 atom stereocenters. The Morgan fingerprint density at radius 1 is 1.37 bits per heavy atom. The Morgan fingerprint density at radius 2 is 2.16 bits per heavy atom. The van der Waals surface area contributed by atoms with E-state index in [1.165, 1.54) is 0 Å². The molecule has 2 aromatic heterocycles. The lowest BCUT2D eigenvalue weighted by atomic mass is 10.2. The highest BCUT2D eigenvalue weighted by molar-refractivity contribution is 5.75. The molecule has 0 fully saturated rings. The molecule has 102 valence electrons. The second kappa shape index (κ2) is 5.55. The smallest absolute Gasteiger partial charge is 0.241 e. The standard InChI is InChI=1S/C12H18N6O/c1-9(10-4-14-17(3)6-10)16-11-5-15-18(7-11)8-12(19)13-2/h4-7,9,16H,8H2,1-3H3,(H,13,19). The highest BCUT2D eigenvalue weighted by Crippen LogP contribution is 2.17. The fourth-order valence-electron chi connectivity index (χ4n) is 1.75. The molecule has 0 aliphatic heterocycles. The van der Waals surface area contributed by atoms with E-state index in [2.05, 4.69) is 20.8 Å². The lowest BCUT2D eigenvalue weighted by Crippen LogP contribution is -2.23. The van der Waals surface area contributed by atoms with Gasteiger partial charge in [-0.25, -0.2) is 0 Å². The molecule has 2 heterocycles. The molecule has 7 nitrogen and oxygen atoms in total. The van der Waals surface area contributed by atoms with Gasteiger partial charge in [-0.3, -0.25) is 14.2 Å². The number of hydrogen-bond acceptors (Lipinski definition) is 4. The minimum absolute atomic E-state index is 0.0741. The molecule has 2 rings (SSSR count). The number of hydrogen-bond donors (Lipinski definition) is 2. The summed E-state index contributed by atoms with van der Waals surface area (Å²) >= 11 is 0. The van der Waals surface area contributed by atoms with Crippen molar-refractivity contribution in [3.8, 4) is 0 Å². The zero-order chi connectivity index (χ0) is 13.8. The zero-order valence-corrected chi connectivity index (χ0v) is 11.3. The molecular weight excluding hydrogens is 244 g/mol. The van der Waals surface area contributed by atoms with E-state index in [1.807, 2.05) is 32.6 Å². The number of anilines is 1. The van der Waals surface area contributed by atoms with E-state index in [0.717, 1.165) is 11.3 Å². The summed E-state index contributed by atoms with van der Waals surface area (Å²) in [6.07, 6.45) is 7.30. The van der Waals surface area contributed by atoms with Crippen LogP contribution in [0.4, 0.5) is 5.69 Å². The Hall–Kier alpha value is -2.31. The first-order valence-corrected chi connectivity index (χ1v) is 6.06. The highest BCUT2D eigenvalue weighted by atomic mass is 16.1. The van der Waals surface area contributed by atoms with Crippen LogP contribution >= 0.6 is 0 Å². The molecule has 0 bridgehead atoms. The second-order valence-electron chi connectivity index (χ2n) is 4.41. The average Bonchev–Trinajstić information content (AvgIpc) is 2.98. The van der Waals surface area contributed by atoms with Gasteiger partial charge in [-0.1, -0.05) is 0 Å². The SMILES string of the molecule is CNC(=O)Cn1cc(NC(C)c2cnn(C)c2)cn1. The predicted octanol–water partition coefficient (Wildman–Crippen LogP) is 0.536. The van der Waals surface area contributed by atoms with Crippen LogP contribution in [0.2, 0.25) is 0 Å². The van der Waals surface area contributed by atoms with E-state index in [0.29, 0.717) is 0 Å². The third-order valence-electron chi connectivity index (χ3n) is 2.83. The van der Waals surface area contributed by atoms with E-state index >= 15 is 0 Å². The van der Waals surface area contributed by atoms with Gasteiger partial charge in [0.15, 0.2) is 0 Å². The largest absolute Gasteiger partial charge is 0.376 e. The third kappa shape index (κ3) is 3.34. The number of rotatable bonds is 5. The van der Waals surface area contributed by atoms with E-state index in [4.69, 9.17) is 0 Å². The fraction of sp³-hybridized carbons (Fsp3) is 0.417. The van der Waals surface area contributed by atoms with Gasteiger partial charge in [0.25, 0.3) is 0 Å². The maximum Gasteiger partial charge on any atom is 0.241 e. The monoisotopic (exact) mass is 262 g/mol. The third-order valence-corrected chi connectivity index (χ3v) is 2.83. The van der Waals surface area contributed by atoms with Crippen molar-refractivity contribution in [3.63, 3.8) is 0 Å². The van der Waals surface area contributed by atoms with Gasteiger partial charge in [0.05, 0.1) is 24.1 Å². The number of carbonyl (C=O) groups excluding carboxylic acids is 1. The summed E-state index contributed by atoms with van der Waals surface area (Å²) in [5, 5.41) is 14.1. The molecule has 7 heteroatoms. The molecule has 0 saturated heterocycles. The topological polar surface area (TPSA) is 76.8 Å². The lowest BCUT2D eigenvalue weighted by Gasteiger charge is -2.11. The van der Waals surface area contributed by atoms with Crippen molar-refractivity contribution in [1.82, 2.24) is 24.9 Å². The van der Waals surface area contributed by atoms with Crippen LogP contribution in [0.1, 0.15) is 18.5 Å². The minimum atomic E-state index is -0.0741. The number of aromatic nitrogens is 4. The number of amides is 1. The molecular formula is C12H18N6O. The van der Waals surface area contributed by atoms with Crippen molar-refractivity contribution in [2.75, 3.05) is 12.4 Å².